The summed E-state index contributed by atoms with van der Waals surface area (Å²) < 4.78 is 6.13. The maximum Gasteiger partial charge on any atom is 0.338 e. The number of aromatic carboxylic acids is 1. The van der Waals surface area contributed by atoms with E-state index in [9.17, 15) is 4.79 Å². The Bertz CT molecular complexity index is 604. The fourth-order valence-corrected chi connectivity index (χ4v) is 1.60. The molecule has 0 aromatic carbocycles. The summed E-state index contributed by atoms with van der Waals surface area (Å²) in [6.45, 7) is 0. The molecule has 0 bridgehead atoms. The van der Waals surface area contributed by atoms with Crippen LogP contribution in [0.15, 0.2) is 35.2 Å². The molecule has 0 fully saturated rings. The molecule has 0 radical (unpaired) electrons. The molecule has 0 atom stereocenters. The Morgan fingerprint density at radius 2 is 2.11 bits per heavy atom. The molecule has 0 unspecified atom stereocenters. The maximum absolute atomic E-state index is 10.9. The van der Waals surface area contributed by atoms with Crippen LogP contribution in [0.4, 0.5) is 5.69 Å². The Hall–Kier alpha value is -2.15. The van der Waals surface area contributed by atoms with Gasteiger partial charge in [-0.05, 0) is 22.0 Å². The van der Waals surface area contributed by atoms with E-state index < -0.39 is 5.97 Å². The summed E-state index contributed by atoms with van der Waals surface area (Å²) in [7, 11) is 0. The normalized spacial score (nSPS) is 10.1. The zero-order chi connectivity index (χ0) is 13.1. The number of carboxylic acids is 1. The van der Waals surface area contributed by atoms with Crippen LogP contribution in [0.2, 0.25) is 0 Å². The molecule has 0 aliphatic heterocycles. The number of nitrogens with two attached hydrogens (primary N) is 1. The number of pyridine rings is 2. The second-order valence-corrected chi connectivity index (χ2v) is 4.27. The average molecular weight is 310 g/mol. The molecule has 2 aromatic rings. The van der Waals surface area contributed by atoms with Crippen molar-refractivity contribution in [1.29, 1.82) is 0 Å². The number of rotatable bonds is 3. The summed E-state index contributed by atoms with van der Waals surface area (Å²) >= 11 is 3.25. The lowest BCUT2D eigenvalue weighted by atomic mass is 10.2. The summed E-state index contributed by atoms with van der Waals surface area (Å²) in [5, 5.41) is 8.92. The Morgan fingerprint density at radius 1 is 1.33 bits per heavy atom. The van der Waals surface area contributed by atoms with Crippen LogP contribution in [0, 0.1) is 0 Å². The van der Waals surface area contributed by atoms with Crippen molar-refractivity contribution >= 4 is 27.6 Å². The third-order valence-corrected chi connectivity index (χ3v) is 2.48. The van der Waals surface area contributed by atoms with Gasteiger partial charge < -0.3 is 15.6 Å². The Labute approximate surface area is 111 Å². The minimum atomic E-state index is -1.13. The first-order valence-electron chi connectivity index (χ1n) is 4.83. The van der Waals surface area contributed by atoms with Gasteiger partial charge in [0.25, 0.3) is 0 Å². The monoisotopic (exact) mass is 309 g/mol. The molecule has 0 spiro atoms. The van der Waals surface area contributed by atoms with E-state index in [1.165, 1.54) is 18.5 Å². The number of carboxylic acid groups (broad SMARTS) is 1. The standard InChI is InChI=1S/C11H8BrN3O3/c12-6-1-7(4-14-3-6)18-10-2-8(11(16)17)9(13)5-15-10/h1-5H,13H2,(H,16,17). The third kappa shape index (κ3) is 2.75. The van der Waals surface area contributed by atoms with Gasteiger partial charge in [0, 0.05) is 16.7 Å². The van der Waals surface area contributed by atoms with Gasteiger partial charge in [0.2, 0.25) is 5.88 Å². The van der Waals surface area contributed by atoms with Crippen molar-refractivity contribution in [2.75, 3.05) is 5.73 Å². The molecule has 2 heterocycles. The van der Waals surface area contributed by atoms with E-state index >= 15 is 0 Å². The highest BCUT2D eigenvalue weighted by Crippen LogP contribution is 2.24. The van der Waals surface area contributed by atoms with Crippen molar-refractivity contribution < 1.29 is 14.6 Å². The number of nitrogens with zero attached hydrogens (tertiary/aromatic N) is 2. The van der Waals surface area contributed by atoms with Crippen molar-refractivity contribution in [2.24, 2.45) is 0 Å². The molecular formula is C11H8BrN3O3. The van der Waals surface area contributed by atoms with Crippen LogP contribution in [0.5, 0.6) is 11.6 Å². The number of anilines is 1. The number of ether oxygens (including phenoxy) is 1. The second kappa shape index (κ2) is 5.01. The Kier molecular flexibility index (Phi) is 3.42. The van der Waals surface area contributed by atoms with Gasteiger partial charge in [0.1, 0.15) is 5.75 Å². The molecule has 6 nitrogen and oxygen atoms in total. The van der Waals surface area contributed by atoms with Gasteiger partial charge >= 0.3 is 5.97 Å². The fraction of sp³-hybridized carbons (Fsp3) is 0. The van der Waals surface area contributed by atoms with Crippen LogP contribution in [0.3, 0.4) is 0 Å². The molecule has 0 saturated heterocycles. The summed E-state index contributed by atoms with van der Waals surface area (Å²) in [6.07, 6.45) is 4.33. The lowest BCUT2D eigenvalue weighted by molar-refractivity contribution is 0.0697. The Morgan fingerprint density at radius 3 is 2.78 bits per heavy atom. The number of aromatic nitrogens is 2. The molecule has 0 aliphatic rings. The van der Waals surface area contributed by atoms with E-state index in [1.807, 2.05) is 0 Å². The van der Waals surface area contributed by atoms with Crippen molar-refractivity contribution in [2.45, 2.75) is 0 Å². The average Bonchev–Trinajstić information content (AvgIpc) is 2.31. The predicted octanol–water partition coefficient (Wildman–Crippen LogP) is 2.31. The van der Waals surface area contributed by atoms with Gasteiger partial charge in [-0.3, -0.25) is 4.98 Å². The second-order valence-electron chi connectivity index (χ2n) is 3.36. The minimum Gasteiger partial charge on any atom is -0.478 e. The minimum absolute atomic E-state index is 0.0528. The smallest absolute Gasteiger partial charge is 0.338 e. The van der Waals surface area contributed by atoms with Crippen molar-refractivity contribution in [3.8, 4) is 11.6 Å². The molecule has 18 heavy (non-hydrogen) atoms. The zero-order valence-electron chi connectivity index (χ0n) is 9.00. The summed E-state index contributed by atoms with van der Waals surface area (Å²) in [5.74, 6) is -0.549. The van der Waals surface area contributed by atoms with Crippen LogP contribution < -0.4 is 10.5 Å². The topological polar surface area (TPSA) is 98.3 Å². The van der Waals surface area contributed by atoms with Crippen LogP contribution in [0.1, 0.15) is 10.4 Å². The fourth-order valence-electron chi connectivity index (χ4n) is 1.26. The SMILES string of the molecule is Nc1cnc(Oc2cncc(Br)c2)cc1C(=O)O. The molecule has 2 aromatic heterocycles. The van der Waals surface area contributed by atoms with E-state index in [0.717, 1.165) is 4.47 Å². The van der Waals surface area contributed by atoms with Crippen molar-refractivity contribution in [1.82, 2.24) is 9.97 Å². The lowest BCUT2D eigenvalue weighted by Gasteiger charge is -2.06. The number of carbonyl (C=O) groups is 1. The molecule has 7 heteroatoms. The predicted molar refractivity (Wildman–Crippen MR) is 67.6 cm³/mol. The molecule has 3 N–H and O–H groups in total. The van der Waals surface area contributed by atoms with Gasteiger partial charge in [-0.1, -0.05) is 0 Å². The maximum atomic E-state index is 10.9. The molecule has 2 rings (SSSR count). The highest BCUT2D eigenvalue weighted by Gasteiger charge is 2.11. The Balaban J connectivity index is 2.30. The van der Waals surface area contributed by atoms with E-state index in [2.05, 4.69) is 25.9 Å². The first-order valence-corrected chi connectivity index (χ1v) is 5.63. The van der Waals surface area contributed by atoms with Gasteiger partial charge in [-0.2, -0.15) is 0 Å². The first kappa shape index (κ1) is 12.3. The largest absolute Gasteiger partial charge is 0.478 e. The van der Waals surface area contributed by atoms with Gasteiger partial charge in [0.05, 0.1) is 23.6 Å². The van der Waals surface area contributed by atoms with E-state index in [0.29, 0.717) is 5.75 Å². The molecule has 0 aliphatic carbocycles. The van der Waals surface area contributed by atoms with Crippen molar-refractivity contribution in [3.05, 3.63) is 40.8 Å². The van der Waals surface area contributed by atoms with Gasteiger partial charge in [-0.15, -0.1) is 0 Å². The molecule has 92 valence electrons. The number of hydrogen-bond donors (Lipinski definition) is 2. The highest BCUT2D eigenvalue weighted by atomic mass is 79.9. The van der Waals surface area contributed by atoms with Crippen LogP contribution >= 0.6 is 15.9 Å². The molecule has 0 amide bonds. The number of hydrogen-bond acceptors (Lipinski definition) is 5. The van der Waals surface area contributed by atoms with Gasteiger partial charge in [-0.25, -0.2) is 9.78 Å². The number of nitrogen functional groups attached to an aromatic ring is 1. The van der Waals surface area contributed by atoms with E-state index in [4.69, 9.17) is 15.6 Å². The summed E-state index contributed by atoms with van der Waals surface area (Å²) in [4.78, 5) is 18.7. The van der Waals surface area contributed by atoms with Crippen molar-refractivity contribution in [3.63, 3.8) is 0 Å². The van der Waals surface area contributed by atoms with E-state index in [-0.39, 0.29) is 17.1 Å². The quantitative estimate of drug-likeness (QED) is 0.902. The number of halogens is 1. The van der Waals surface area contributed by atoms with Crippen LogP contribution in [0.25, 0.3) is 0 Å². The molecule has 0 saturated carbocycles. The summed E-state index contributed by atoms with van der Waals surface area (Å²) in [6, 6.07) is 2.95. The highest BCUT2D eigenvalue weighted by molar-refractivity contribution is 9.10. The van der Waals surface area contributed by atoms with Gasteiger partial charge in [0.15, 0.2) is 0 Å². The van der Waals surface area contributed by atoms with Crippen LogP contribution in [-0.2, 0) is 0 Å². The lowest BCUT2D eigenvalue weighted by Crippen LogP contribution is -2.03. The van der Waals surface area contributed by atoms with E-state index in [1.54, 1.807) is 12.3 Å². The van der Waals surface area contributed by atoms with Crippen LogP contribution in [-0.4, -0.2) is 21.0 Å². The zero-order valence-corrected chi connectivity index (χ0v) is 10.6. The molecular weight excluding hydrogens is 302 g/mol. The summed E-state index contributed by atoms with van der Waals surface area (Å²) in [5.41, 5.74) is 5.52. The third-order valence-electron chi connectivity index (χ3n) is 2.04. The first-order chi connectivity index (χ1) is 8.56.